The molecular formula is C20H20ClN3O2. The van der Waals surface area contributed by atoms with Gasteiger partial charge in [0.1, 0.15) is 18.4 Å². The van der Waals surface area contributed by atoms with Crippen molar-refractivity contribution in [3.63, 3.8) is 0 Å². The molecule has 2 aromatic rings. The Labute approximate surface area is 158 Å². The van der Waals surface area contributed by atoms with E-state index in [2.05, 4.69) is 11.9 Å². The van der Waals surface area contributed by atoms with Gasteiger partial charge in [-0.05, 0) is 42.9 Å². The molecule has 0 heterocycles. The monoisotopic (exact) mass is 369 g/mol. The molecule has 0 radical (unpaired) electrons. The Morgan fingerprint density at radius 3 is 2.69 bits per heavy atom. The van der Waals surface area contributed by atoms with Crippen molar-refractivity contribution in [1.82, 2.24) is 4.90 Å². The second kappa shape index (κ2) is 9.62. The van der Waals surface area contributed by atoms with Crippen molar-refractivity contribution >= 4 is 23.2 Å². The van der Waals surface area contributed by atoms with E-state index in [-0.39, 0.29) is 12.5 Å². The number of anilines is 1. The zero-order valence-corrected chi connectivity index (χ0v) is 15.3. The Bertz CT molecular complexity index is 813. The van der Waals surface area contributed by atoms with Crippen LogP contribution in [0.1, 0.15) is 11.1 Å². The number of nitrogens with zero attached hydrogens (tertiary/aromatic N) is 2. The van der Waals surface area contributed by atoms with Crippen LogP contribution in [0.15, 0.2) is 55.1 Å². The third-order valence-electron chi connectivity index (χ3n) is 3.53. The summed E-state index contributed by atoms with van der Waals surface area (Å²) in [6.45, 7) is 4.94. The van der Waals surface area contributed by atoms with Crippen LogP contribution >= 0.6 is 11.6 Å². The van der Waals surface area contributed by atoms with Crippen LogP contribution in [0, 0.1) is 11.3 Å². The molecule has 0 aliphatic heterocycles. The minimum absolute atomic E-state index is 0.154. The summed E-state index contributed by atoms with van der Waals surface area (Å²) in [6.07, 6.45) is 1.70. The number of hydrogen-bond acceptors (Lipinski definition) is 4. The summed E-state index contributed by atoms with van der Waals surface area (Å²) < 4.78 is 5.45. The topological polar surface area (TPSA) is 65.4 Å². The summed E-state index contributed by atoms with van der Waals surface area (Å²) in [5.41, 5.74) is 2.02. The highest BCUT2D eigenvalue weighted by atomic mass is 35.5. The number of carbonyl (C=O) groups is 1. The molecule has 134 valence electrons. The first-order valence-electron chi connectivity index (χ1n) is 8.02. The summed E-state index contributed by atoms with van der Waals surface area (Å²) >= 11 is 5.97. The van der Waals surface area contributed by atoms with E-state index in [1.54, 1.807) is 24.3 Å². The van der Waals surface area contributed by atoms with Gasteiger partial charge in [0.25, 0.3) is 0 Å². The number of ether oxygens (including phenoxy) is 1. The van der Waals surface area contributed by atoms with Crippen molar-refractivity contribution in [2.24, 2.45) is 0 Å². The Morgan fingerprint density at radius 2 is 2.08 bits per heavy atom. The molecule has 0 atom stereocenters. The summed E-state index contributed by atoms with van der Waals surface area (Å²) in [5, 5.41) is 12.0. The van der Waals surface area contributed by atoms with Crippen molar-refractivity contribution in [1.29, 1.82) is 5.26 Å². The Morgan fingerprint density at radius 1 is 1.35 bits per heavy atom. The van der Waals surface area contributed by atoms with Gasteiger partial charge < -0.3 is 10.1 Å². The average Bonchev–Trinajstić information content (AvgIpc) is 2.61. The third kappa shape index (κ3) is 5.92. The number of hydrogen-bond donors (Lipinski definition) is 1. The molecule has 0 aliphatic carbocycles. The van der Waals surface area contributed by atoms with E-state index in [9.17, 15) is 4.79 Å². The number of benzene rings is 2. The number of halogens is 1. The number of carbonyl (C=O) groups excluding carboxylic acids is 1. The standard InChI is InChI=1S/C20H20ClN3O2/c1-3-10-26-18-8-4-15(5-9-18)13-24(2)14-20(25)23-17-7-6-16(12-22)19(21)11-17/h3-9,11H,1,10,13-14H2,2H3,(H,23,25). The average molecular weight is 370 g/mol. The minimum Gasteiger partial charge on any atom is -0.490 e. The van der Waals surface area contributed by atoms with Crippen LogP contribution in [0.3, 0.4) is 0 Å². The molecule has 0 saturated heterocycles. The first-order valence-corrected chi connectivity index (χ1v) is 8.40. The van der Waals surface area contributed by atoms with Crippen molar-refractivity contribution in [3.8, 4) is 11.8 Å². The van der Waals surface area contributed by atoms with Crippen molar-refractivity contribution in [2.75, 3.05) is 25.5 Å². The lowest BCUT2D eigenvalue weighted by Gasteiger charge is -2.17. The van der Waals surface area contributed by atoms with Crippen molar-refractivity contribution < 1.29 is 9.53 Å². The predicted octanol–water partition coefficient (Wildman–Crippen LogP) is 3.85. The molecule has 0 fully saturated rings. The molecule has 0 bridgehead atoms. The van der Waals surface area contributed by atoms with Crippen LogP contribution in [0.25, 0.3) is 0 Å². The molecule has 0 saturated carbocycles. The molecule has 5 nitrogen and oxygen atoms in total. The zero-order chi connectivity index (χ0) is 18.9. The highest BCUT2D eigenvalue weighted by molar-refractivity contribution is 6.32. The van der Waals surface area contributed by atoms with Gasteiger partial charge in [0.2, 0.25) is 5.91 Å². The van der Waals surface area contributed by atoms with E-state index in [0.29, 0.717) is 29.4 Å². The molecule has 0 aromatic heterocycles. The largest absolute Gasteiger partial charge is 0.490 e. The van der Waals surface area contributed by atoms with E-state index >= 15 is 0 Å². The lowest BCUT2D eigenvalue weighted by molar-refractivity contribution is -0.117. The van der Waals surface area contributed by atoms with Gasteiger partial charge in [-0.1, -0.05) is 36.4 Å². The fourth-order valence-electron chi connectivity index (χ4n) is 2.34. The molecule has 0 aliphatic rings. The highest BCUT2D eigenvalue weighted by Gasteiger charge is 2.09. The van der Waals surface area contributed by atoms with Gasteiger partial charge in [-0.2, -0.15) is 5.26 Å². The van der Waals surface area contributed by atoms with Gasteiger partial charge in [0.15, 0.2) is 0 Å². The molecule has 1 amide bonds. The quantitative estimate of drug-likeness (QED) is 0.718. The second-order valence-corrected chi connectivity index (χ2v) is 6.18. The van der Waals surface area contributed by atoms with E-state index < -0.39 is 0 Å². The second-order valence-electron chi connectivity index (χ2n) is 5.77. The maximum absolute atomic E-state index is 12.2. The number of likely N-dealkylation sites (N-methyl/N-ethyl adjacent to an activating group) is 1. The number of nitrogens with one attached hydrogen (secondary N) is 1. The van der Waals surface area contributed by atoms with Gasteiger partial charge in [-0.3, -0.25) is 9.69 Å². The lowest BCUT2D eigenvalue weighted by Crippen LogP contribution is -2.29. The molecular weight excluding hydrogens is 350 g/mol. The molecule has 2 aromatic carbocycles. The smallest absolute Gasteiger partial charge is 0.238 e. The minimum atomic E-state index is -0.154. The highest BCUT2D eigenvalue weighted by Crippen LogP contribution is 2.20. The van der Waals surface area contributed by atoms with Crippen LogP contribution in [0.5, 0.6) is 5.75 Å². The SMILES string of the molecule is C=CCOc1ccc(CN(C)CC(=O)Nc2ccc(C#N)c(Cl)c2)cc1. The zero-order valence-electron chi connectivity index (χ0n) is 14.5. The molecule has 0 spiro atoms. The van der Waals surface area contributed by atoms with Crippen LogP contribution in [0.2, 0.25) is 5.02 Å². The summed E-state index contributed by atoms with van der Waals surface area (Å²) in [7, 11) is 1.87. The van der Waals surface area contributed by atoms with Gasteiger partial charge >= 0.3 is 0 Å². The van der Waals surface area contributed by atoms with Crippen molar-refractivity contribution in [2.45, 2.75) is 6.54 Å². The first kappa shape index (κ1) is 19.5. The number of rotatable bonds is 8. The normalized spacial score (nSPS) is 10.2. The molecule has 2 rings (SSSR count). The lowest BCUT2D eigenvalue weighted by atomic mass is 10.2. The van der Waals surface area contributed by atoms with E-state index in [1.807, 2.05) is 42.3 Å². The Kier molecular flexibility index (Phi) is 7.22. The van der Waals surface area contributed by atoms with E-state index in [0.717, 1.165) is 11.3 Å². The fourth-order valence-corrected chi connectivity index (χ4v) is 2.57. The van der Waals surface area contributed by atoms with Crippen LogP contribution < -0.4 is 10.1 Å². The van der Waals surface area contributed by atoms with Crippen LogP contribution in [-0.4, -0.2) is 31.0 Å². The molecule has 26 heavy (non-hydrogen) atoms. The first-order chi connectivity index (χ1) is 12.5. The van der Waals surface area contributed by atoms with Gasteiger partial charge in [0, 0.05) is 12.2 Å². The number of nitriles is 1. The van der Waals surface area contributed by atoms with Crippen LogP contribution in [-0.2, 0) is 11.3 Å². The summed E-state index contributed by atoms with van der Waals surface area (Å²) in [6, 6.07) is 14.5. The maximum atomic E-state index is 12.2. The van der Waals surface area contributed by atoms with Gasteiger partial charge in [-0.15, -0.1) is 0 Å². The van der Waals surface area contributed by atoms with Gasteiger partial charge in [-0.25, -0.2) is 0 Å². The van der Waals surface area contributed by atoms with Gasteiger partial charge in [0.05, 0.1) is 17.1 Å². The van der Waals surface area contributed by atoms with Crippen LogP contribution in [0.4, 0.5) is 5.69 Å². The van der Waals surface area contributed by atoms with E-state index in [4.69, 9.17) is 21.6 Å². The molecule has 6 heteroatoms. The Balaban J connectivity index is 1.86. The molecule has 1 N–H and O–H groups in total. The number of amides is 1. The Hall–Kier alpha value is -2.81. The maximum Gasteiger partial charge on any atom is 0.238 e. The van der Waals surface area contributed by atoms with Crippen molar-refractivity contribution in [3.05, 3.63) is 71.3 Å². The third-order valence-corrected chi connectivity index (χ3v) is 3.84. The summed E-state index contributed by atoms with van der Waals surface area (Å²) in [5.74, 6) is 0.631. The van der Waals surface area contributed by atoms with E-state index in [1.165, 1.54) is 0 Å². The summed E-state index contributed by atoms with van der Waals surface area (Å²) in [4.78, 5) is 14.1. The predicted molar refractivity (Wildman–Crippen MR) is 103 cm³/mol. The fraction of sp³-hybridized carbons (Fsp3) is 0.200. The molecule has 0 unspecified atom stereocenters.